The van der Waals surface area contributed by atoms with Crippen molar-refractivity contribution < 1.29 is 19.5 Å². The summed E-state index contributed by atoms with van der Waals surface area (Å²) in [4.78, 5) is 10.4. The summed E-state index contributed by atoms with van der Waals surface area (Å²) in [5, 5.41) is 8.01. The van der Waals surface area contributed by atoms with Crippen LogP contribution in [0.25, 0.3) is 0 Å². The van der Waals surface area contributed by atoms with Crippen LogP contribution in [0.5, 0.6) is 0 Å². The fraction of sp³-hybridized carbons (Fsp3) is 0.750. The Morgan fingerprint density at radius 2 is 2.00 bits per heavy atom. The van der Waals surface area contributed by atoms with Crippen LogP contribution in [0.3, 0.4) is 0 Å². The molecule has 0 fully saturated rings. The van der Waals surface area contributed by atoms with Crippen molar-refractivity contribution in [2.75, 3.05) is 14.2 Å². The first-order valence-electron chi connectivity index (χ1n) is 2.25. The molecule has 0 saturated heterocycles. The zero-order valence-corrected chi connectivity index (χ0v) is 5.25. The Bertz CT molecular complexity index is 90.6. The first kappa shape index (κ1) is 8.35. The Balaban J connectivity index is 3.64. The average molecular weight is 135 g/mol. The lowest BCUT2D eigenvalue weighted by Gasteiger charge is -2.08. The van der Waals surface area contributed by atoms with Gasteiger partial charge in [0.15, 0.2) is 0 Å². The Hall–Kier alpha value is -0.650. The van der Waals surface area contributed by atoms with Gasteiger partial charge in [0, 0.05) is 14.2 Å². The normalized spacial score (nSPS) is 9.78. The maximum Gasteiger partial charge on any atom is 0.300 e. The Morgan fingerprint density at radius 1 is 1.56 bits per heavy atom. The van der Waals surface area contributed by atoms with Crippen molar-refractivity contribution in [2.45, 2.75) is 6.29 Å². The van der Waals surface area contributed by atoms with E-state index in [0.29, 0.717) is 0 Å². The van der Waals surface area contributed by atoms with Crippen LogP contribution in [0, 0.1) is 0 Å². The van der Waals surface area contributed by atoms with Gasteiger partial charge in [0.05, 0.1) is 0 Å². The quantitative estimate of drug-likeness (QED) is 0.299. The fourth-order valence-electron chi connectivity index (χ4n) is 0.363. The summed E-state index contributed by atoms with van der Waals surface area (Å²) in [5.41, 5.74) is 1.38. The second-order valence-corrected chi connectivity index (χ2v) is 1.28. The summed E-state index contributed by atoms with van der Waals surface area (Å²) in [7, 11) is 2.59. The van der Waals surface area contributed by atoms with Crippen LogP contribution in [0.2, 0.25) is 0 Å². The molecule has 0 aromatic carbocycles. The monoisotopic (exact) mass is 135 g/mol. The van der Waals surface area contributed by atoms with Crippen molar-refractivity contribution in [2.24, 2.45) is 0 Å². The Kier molecular flexibility index (Phi) is 3.94. The molecule has 0 saturated carbocycles. The molecule has 0 aliphatic heterocycles. The number of hydrogen-bond acceptors (Lipinski definition) is 4. The summed E-state index contributed by atoms with van der Waals surface area (Å²) in [5.74, 6) is -0.722. The molecule has 0 spiro atoms. The summed E-state index contributed by atoms with van der Waals surface area (Å²) in [6.45, 7) is 0. The van der Waals surface area contributed by atoms with E-state index in [1.54, 1.807) is 0 Å². The molecule has 0 atom stereocenters. The lowest BCUT2D eigenvalue weighted by atomic mass is 10.6. The molecule has 0 rings (SSSR count). The summed E-state index contributed by atoms with van der Waals surface area (Å²) in [6, 6.07) is 0. The topological polar surface area (TPSA) is 67.8 Å². The lowest BCUT2D eigenvalue weighted by Crippen LogP contribution is -2.34. The van der Waals surface area contributed by atoms with Crippen molar-refractivity contribution in [3.63, 3.8) is 0 Å². The van der Waals surface area contributed by atoms with E-state index in [1.165, 1.54) is 19.7 Å². The lowest BCUT2D eigenvalue weighted by molar-refractivity contribution is -0.167. The van der Waals surface area contributed by atoms with Gasteiger partial charge in [-0.25, -0.2) is 5.48 Å². The van der Waals surface area contributed by atoms with Crippen LogP contribution < -0.4 is 5.48 Å². The molecule has 5 heteroatoms. The minimum atomic E-state index is -1.03. The van der Waals surface area contributed by atoms with Crippen LogP contribution in [0.1, 0.15) is 0 Å². The molecule has 9 heavy (non-hydrogen) atoms. The second kappa shape index (κ2) is 4.25. The van der Waals surface area contributed by atoms with E-state index in [-0.39, 0.29) is 0 Å². The van der Waals surface area contributed by atoms with Gasteiger partial charge in [0.2, 0.25) is 6.29 Å². The summed E-state index contributed by atoms with van der Waals surface area (Å²) < 4.78 is 8.92. The molecule has 5 nitrogen and oxygen atoms in total. The van der Waals surface area contributed by atoms with Crippen LogP contribution >= 0.6 is 0 Å². The third-order valence-electron chi connectivity index (χ3n) is 0.752. The smallest absolute Gasteiger partial charge is 0.300 e. The number of carbonyl (C=O) groups is 1. The van der Waals surface area contributed by atoms with Gasteiger partial charge in [-0.3, -0.25) is 10.0 Å². The SMILES string of the molecule is COC(OC)C(=O)NO. The van der Waals surface area contributed by atoms with Gasteiger partial charge in [-0.15, -0.1) is 0 Å². The fourth-order valence-corrected chi connectivity index (χ4v) is 0.363. The van der Waals surface area contributed by atoms with Crippen molar-refractivity contribution in [1.82, 2.24) is 5.48 Å². The maximum absolute atomic E-state index is 10.4. The molecule has 2 N–H and O–H groups in total. The summed E-state index contributed by atoms with van der Waals surface area (Å²) in [6.07, 6.45) is -1.03. The van der Waals surface area contributed by atoms with Gasteiger partial charge in [-0.2, -0.15) is 0 Å². The third-order valence-corrected chi connectivity index (χ3v) is 0.752. The van der Waals surface area contributed by atoms with E-state index in [9.17, 15) is 4.79 Å². The highest BCUT2D eigenvalue weighted by atomic mass is 16.7. The van der Waals surface area contributed by atoms with Crippen LogP contribution in [0.4, 0.5) is 0 Å². The first-order chi connectivity index (χ1) is 4.26. The van der Waals surface area contributed by atoms with Crippen molar-refractivity contribution in [3.8, 4) is 0 Å². The van der Waals surface area contributed by atoms with Gasteiger partial charge >= 0.3 is 0 Å². The number of rotatable bonds is 3. The van der Waals surface area contributed by atoms with E-state index in [1.807, 2.05) is 0 Å². The Labute approximate surface area is 52.5 Å². The van der Waals surface area contributed by atoms with E-state index in [4.69, 9.17) is 5.21 Å². The molecule has 0 heterocycles. The third kappa shape index (κ3) is 2.41. The van der Waals surface area contributed by atoms with E-state index in [2.05, 4.69) is 9.47 Å². The molecule has 0 aromatic heterocycles. The molecule has 1 amide bonds. The molecule has 0 radical (unpaired) electrons. The maximum atomic E-state index is 10.4. The first-order valence-corrected chi connectivity index (χ1v) is 2.25. The largest absolute Gasteiger partial charge is 0.348 e. The van der Waals surface area contributed by atoms with E-state index < -0.39 is 12.2 Å². The number of hydrogen-bond donors (Lipinski definition) is 2. The highest BCUT2D eigenvalue weighted by Crippen LogP contribution is 1.87. The van der Waals surface area contributed by atoms with Gasteiger partial charge in [0.1, 0.15) is 0 Å². The zero-order chi connectivity index (χ0) is 7.28. The minimum Gasteiger partial charge on any atom is -0.348 e. The minimum absolute atomic E-state index is 0.722. The number of ether oxygens (including phenoxy) is 2. The van der Waals surface area contributed by atoms with Crippen LogP contribution in [-0.2, 0) is 14.3 Å². The number of carbonyl (C=O) groups excluding carboxylic acids is 1. The molecule has 0 aromatic rings. The molecular formula is C4H9NO4. The predicted molar refractivity (Wildman–Crippen MR) is 27.7 cm³/mol. The Morgan fingerprint density at radius 3 is 2.11 bits per heavy atom. The number of nitrogens with one attached hydrogen (secondary N) is 1. The molecular weight excluding hydrogens is 126 g/mol. The zero-order valence-electron chi connectivity index (χ0n) is 5.25. The number of hydroxylamine groups is 1. The second-order valence-electron chi connectivity index (χ2n) is 1.28. The van der Waals surface area contributed by atoms with Gasteiger partial charge in [0.25, 0.3) is 5.91 Å². The highest BCUT2D eigenvalue weighted by molar-refractivity contribution is 5.78. The van der Waals surface area contributed by atoms with E-state index in [0.717, 1.165) is 0 Å². The molecule has 54 valence electrons. The summed E-state index contributed by atoms with van der Waals surface area (Å²) >= 11 is 0. The van der Waals surface area contributed by atoms with Gasteiger partial charge < -0.3 is 9.47 Å². The number of methoxy groups -OCH3 is 2. The average Bonchev–Trinajstić information content (AvgIpc) is 1.90. The molecule has 0 aliphatic rings. The van der Waals surface area contributed by atoms with Crippen molar-refractivity contribution in [1.29, 1.82) is 0 Å². The van der Waals surface area contributed by atoms with Crippen LogP contribution in [-0.4, -0.2) is 31.6 Å². The predicted octanol–water partition coefficient (Wildman–Crippen LogP) is -0.889. The molecule has 0 unspecified atom stereocenters. The molecule has 0 aliphatic carbocycles. The highest BCUT2D eigenvalue weighted by Gasteiger charge is 2.14. The van der Waals surface area contributed by atoms with Gasteiger partial charge in [-0.1, -0.05) is 0 Å². The van der Waals surface area contributed by atoms with Crippen LogP contribution in [0.15, 0.2) is 0 Å². The van der Waals surface area contributed by atoms with Crippen molar-refractivity contribution >= 4 is 5.91 Å². The van der Waals surface area contributed by atoms with Crippen molar-refractivity contribution in [3.05, 3.63) is 0 Å². The van der Waals surface area contributed by atoms with Gasteiger partial charge in [-0.05, 0) is 0 Å². The van der Waals surface area contributed by atoms with E-state index >= 15 is 0 Å². The standard InChI is InChI=1S/C4H9NO4/c1-8-4(9-2)3(6)5-7/h4,7H,1-2H3,(H,5,6). The number of amides is 1. The molecule has 0 bridgehead atoms.